The van der Waals surface area contributed by atoms with Crippen LogP contribution in [-0.2, 0) is 16.1 Å². The SMILES string of the molecule is Cc1ccc(NC(=O)CC(NCc2ccccn2)C(=O)O)c(C)c1. The van der Waals surface area contributed by atoms with Crippen LogP contribution in [0.5, 0.6) is 0 Å². The number of anilines is 1. The molecule has 2 aromatic rings. The molecule has 1 aromatic heterocycles. The number of pyridine rings is 1. The number of aryl methyl sites for hydroxylation is 2. The number of benzene rings is 1. The highest BCUT2D eigenvalue weighted by atomic mass is 16.4. The lowest BCUT2D eigenvalue weighted by Gasteiger charge is -2.15. The van der Waals surface area contributed by atoms with Crippen molar-refractivity contribution in [2.75, 3.05) is 5.32 Å². The van der Waals surface area contributed by atoms with E-state index in [1.165, 1.54) is 0 Å². The normalized spacial score (nSPS) is 11.8. The number of rotatable bonds is 7. The standard InChI is InChI=1S/C18H21N3O3/c1-12-6-7-15(13(2)9-12)21-17(22)10-16(18(23)24)20-11-14-5-3-4-8-19-14/h3-9,16,20H,10-11H2,1-2H3,(H,21,22)(H,23,24). The molecule has 1 unspecified atom stereocenters. The monoisotopic (exact) mass is 327 g/mol. The van der Waals surface area contributed by atoms with E-state index in [0.717, 1.165) is 16.8 Å². The van der Waals surface area contributed by atoms with Gasteiger partial charge in [-0.15, -0.1) is 0 Å². The van der Waals surface area contributed by atoms with Gasteiger partial charge in [-0.2, -0.15) is 0 Å². The van der Waals surface area contributed by atoms with Crippen molar-refractivity contribution in [2.24, 2.45) is 0 Å². The van der Waals surface area contributed by atoms with E-state index in [1.807, 2.05) is 38.1 Å². The van der Waals surface area contributed by atoms with Crippen LogP contribution in [0.15, 0.2) is 42.6 Å². The van der Waals surface area contributed by atoms with Gasteiger partial charge in [0.2, 0.25) is 5.91 Å². The van der Waals surface area contributed by atoms with Crippen molar-refractivity contribution in [3.63, 3.8) is 0 Å². The van der Waals surface area contributed by atoms with E-state index in [1.54, 1.807) is 18.3 Å². The Hall–Kier alpha value is -2.73. The molecule has 0 saturated heterocycles. The molecule has 0 aliphatic heterocycles. The molecule has 0 aliphatic rings. The molecule has 6 nitrogen and oxygen atoms in total. The second kappa shape index (κ2) is 8.21. The molecule has 6 heteroatoms. The van der Waals surface area contributed by atoms with Gasteiger partial charge in [-0.3, -0.25) is 19.9 Å². The molecule has 126 valence electrons. The minimum absolute atomic E-state index is 0.157. The van der Waals surface area contributed by atoms with Crippen molar-refractivity contribution in [1.29, 1.82) is 0 Å². The van der Waals surface area contributed by atoms with Crippen LogP contribution < -0.4 is 10.6 Å². The van der Waals surface area contributed by atoms with Crippen LogP contribution >= 0.6 is 0 Å². The molecule has 1 heterocycles. The summed E-state index contributed by atoms with van der Waals surface area (Å²) in [5, 5.41) is 14.9. The summed E-state index contributed by atoms with van der Waals surface area (Å²) in [4.78, 5) is 27.6. The number of nitrogens with one attached hydrogen (secondary N) is 2. The second-order valence-corrected chi connectivity index (χ2v) is 5.66. The second-order valence-electron chi connectivity index (χ2n) is 5.66. The first-order valence-corrected chi connectivity index (χ1v) is 7.69. The van der Waals surface area contributed by atoms with Crippen molar-refractivity contribution in [2.45, 2.75) is 32.9 Å². The van der Waals surface area contributed by atoms with E-state index in [-0.39, 0.29) is 18.9 Å². The van der Waals surface area contributed by atoms with Crippen molar-refractivity contribution >= 4 is 17.6 Å². The molecule has 0 fully saturated rings. The number of hydrogen-bond donors (Lipinski definition) is 3. The zero-order valence-corrected chi connectivity index (χ0v) is 13.7. The number of hydrogen-bond acceptors (Lipinski definition) is 4. The van der Waals surface area contributed by atoms with Gasteiger partial charge in [-0.25, -0.2) is 0 Å². The Kier molecular flexibility index (Phi) is 6.03. The Morgan fingerprint density at radius 1 is 1.21 bits per heavy atom. The number of amides is 1. The van der Waals surface area contributed by atoms with Crippen molar-refractivity contribution in [3.05, 3.63) is 59.4 Å². The molecule has 1 atom stereocenters. The van der Waals surface area contributed by atoms with Crippen molar-refractivity contribution in [3.8, 4) is 0 Å². The van der Waals surface area contributed by atoms with Gasteiger partial charge >= 0.3 is 5.97 Å². The molecule has 0 spiro atoms. The van der Waals surface area contributed by atoms with Crippen LogP contribution in [0.2, 0.25) is 0 Å². The van der Waals surface area contributed by atoms with Gasteiger partial charge in [0, 0.05) is 18.4 Å². The van der Waals surface area contributed by atoms with Crippen LogP contribution in [0.25, 0.3) is 0 Å². The maximum Gasteiger partial charge on any atom is 0.321 e. The first kappa shape index (κ1) is 17.6. The zero-order valence-electron chi connectivity index (χ0n) is 13.7. The summed E-state index contributed by atoms with van der Waals surface area (Å²) in [6.45, 7) is 4.16. The fourth-order valence-corrected chi connectivity index (χ4v) is 2.32. The Morgan fingerprint density at radius 3 is 2.62 bits per heavy atom. The molecular formula is C18H21N3O3. The summed E-state index contributed by atoms with van der Waals surface area (Å²) < 4.78 is 0. The molecule has 0 saturated carbocycles. The van der Waals surface area contributed by atoms with Gasteiger partial charge in [-0.05, 0) is 37.6 Å². The summed E-state index contributed by atoms with van der Waals surface area (Å²) in [6.07, 6.45) is 1.48. The van der Waals surface area contributed by atoms with Crippen molar-refractivity contribution in [1.82, 2.24) is 10.3 Å². The predicted octanol–water partition coefficient (Wildman–Crippen LogP) is 2.27. The lowest BCUT2D eigenvalue weighted by atomic mass is 10.1. The Labute approximate surface area is 140 Å². The molecule has 1 aromatic carbocycles. The third-order valence-corrected chi connectivity index (χ3v) is 3.60. The quantitative estimate of drug-likeness (QED) is 0.725. The molecular weight excluding hydrogens is 306 g/mol. The fraction of sp³-hybridized carbons (Fsp3) is 0.278. The van der Waals surface area contributed by atoms with E-state index in [0.29, 0.717) is 5.69 Å². The molecule has 0 aliphatic carbocycles. The summed E-state index contributed by atoms with van der Waals surface area (Å²) in [5.41, 5.74) is 3.46. The first-order valence-electron chi connectivity index (χ1n) is 7.69. The van der Waals surface area contributed by atoms with Gasteiger partial charge in [0.15, 0.2) is 0 Å². The zero-order chi connectivity index (χ0) is 17.5. The number of aromatic nitrogens is 1. The van der Waals surface area contributed by atoms with E-state index in [4.69, 9.17) is 0 Å². The lowest BCUT2D eigenvalue weighted by Crippen LogP contribution is -2.39. The molecule has 0 bridgehead atoms. The van der Waals surface area contributed by atoms with Gasteiger partial charge in [0.05, 0.1) is 12.1 Å². The minimum atomic E-state index is -1.07. The number of carboxylic acid groups (broad SMARTS) is 1. The highest BCUT2D eigenvalue weighted by Gasteiger charge is 2.21. The highest BCUT2D eigenvalue weighted by Crippen LogP contribution is 2.16. The van der Waals surface area contributed by atoms with Crippen molar-refractivity contribution < 1.29 is 14.7 Å². The Balaban J connectivity index is 1.94. The van der Waals surface area contributed by atoms with Gasteiger partial charge in [0.25, 0.3) is 0 Å². The van der Waals surface area contributed by atoms with Crippen LogP contribution in [0.3, 0.4) is 0 Å². The summed E-state index contributed by atoms with van der Waals surface area (Å²) in [5.74, 6) is -1.41. The summed E-state index contributed by atoms with van der Waals surface area (Å²) >= 11 is 0. The topological polar surface area (TPSA) is 91.3 Å². The van der Waals surface area contributed by atoms with Gasteiger partial charge in [0.1, 0.15) is 6.04 Å². The average molecular weight is 327 g/mol. The maximum absolute atomic E-state index is 12.1. The average Bonchev–Trinajstić information content (AvgIpc) is 2.55. The van der Waals surface area contributed by atoms with E-state index >= 15 is 0 Å². The van der Waals surface area contributed by atoms with Crippen LogP contribution in [0.4, 0.5) is 5.69 Å². The van der Waals surface area contributed by atoms with E-state index < -0.39 is 12.0 Å². The number of carboxylic acids is 1. The third kappa shape index (κ3) is 5.17. The molecule has 2 rings (SSSR count). The molecule has 3 N–H and O–H groups in total. The van der Waals surface area contributed by atoms with Crippen LogP contribution in [0, 0.1) is 13.8 Å². The smallest absolute Gasteiger partial charge is 0.321 e. The number of nitrogens with zero attached hydrogens (tertiary/aromatic N) is 1. The van der Waals surface area contributed by atoms with Gasteiger partial charge < -0.3 is 10.4 Å². The first-order chi connectivity index (χ1) is 11.5. The maximum atomic E-state index is 12.1. The third-order valence-electron chi connectivity index (χ3n) is 3.60. The summed E-state index contributed by atoms with van der Waals surface area (Å²) in [6, 6.07) is 10.1. The van der Waals surface area contributed by atoms with Crippen LogP contribution in [-0.4, -0.2) is 28.0 Å². The fourth-order valence-electron chi connectivity index (χ4n) is 2.32. The Morgan fingerprint density at radius 2 is 2.00 bits per heavy atom. The molecule has 1 amide bonds. The number of aliphatic carboxylic acids is 1. The highest BCUT2D eigenvalue weighted by molar-refractivity contribution is 5.94. The lowest BCUT2D eigenvalue weighted by molar-refractivity contribution is -0.141. The summed E-state index contributed by atoms with van der Waals surface area (Å²) in [7, 11) is 0. The van der Waals surface area contributed by atoms with E-state index in [2.05, 4.69) is 15.6 Å². The minimum Gasteiger partial charge on any atom is -0.480 e. The molecule has 24 heavy (non-hydrogen) atoms. The number of carbonyl (C=O) groups is 2. The Bertz CT molecular complexity index is 717. The van der Waals surface area contributed by atoms with Gasteiger partial charge in [-0.1, -0.05) is 23.8 Å². The largest absolute Gasteiger partial charge is 0.480 e. The number of carbonyl (C=O) groups excluding carboxylic acids is 1. The predicted molar refractivity (Wildman–Crippen MR) is 91.7 cm³/mol. The molecule has 0 radical (unpaired) electrons. The van der Waals surface area contributed by atoms with Crippen LogP contribution in [0.1, 0.15) is 23.2 Å². The van der Waals surface area contributed by atoms with E-state index in [9.17, 15) is 14.7 Å².